The second-order valence-corrected chi connectivity index (χ2v) is 5.85. The van der Waals surface area contributed by atoms with Crippen LogP contribution in [0.5, 0.6) is 0 Å². The minimum atomic E-state index is 0. The third-order valence-electron chi connectivity index (χ3n) is 3.46. The van der Waals surface area contributed by atoms with Crippen LogP contribution in [0.15, 0.2) is 35.2 Å². The van der Waals surface area contributed by atoms with Crippen molar-refractivity contribution >= 4 is 24.2 Å². The minimum absolute atomic E-state index is 0. The fraction of sp³-hybridized carbons (Fsp3) is 0.571. The summed E-state index contributed by atoms with van der Waals surface area (Å²) in [6.45, 7) is 4.54. The van der Waals surface area contributed by atoms with Crippen molar-refractivity contribution in [3.05, 3.63) is 30.3 Å². The number of benzene rings is 1. The first-order valence-corrected chi connectivity index (χ1v) is 7.47. The third kappa shape index (κ3) is 5.19. The van der Waals surface area contributed by atoms with Gasteiger partial charge in [-0.25, -0.2) is 0 Å². The largest absolute Gasteiger partial charge is 0.330 e. The van der Waals surface area contributed by atoms with E-state index in [0.717, 1.165) is 12.5 Å². The zero-order valence-corrected chi connectivity index (χ0v) is 12.4. The second-order valence-electron chi connectivity index (χ2n) is 4.68. The van der Waals surface area contributed by atoms with Gasteiger partial charge in [0.05, 0.1) is 0 Å². The van der Waals surface area contributed by atoms with Gasteiger partial charge >= 0.3 is 0 Å². The summed E-state index contributed by atoms with van der Waals surface area (Å²) in [6.07, 6.45) is 2.57. The van der Waals surface area contributed by atoms with Crippen LogP contribution in [0.2, 0.25) is 0 Å². The van der Waals surface area contributed by atoms with E-state index in [1.54, 1.807) is 0 Å². The molecule has 1 heterocycles. The van der Waals surface area contributed by atoms with Gasteiger partial charge in [0, 0.05) is 17.2 Å². The second kappa shape index (κ2) is 8.81. The number of rotatable bonds is 5. The Bertz CT molecular complexity index is 313. The number of piperidine rings is 1. The van der Waals surface area contributed by atoms with E-state index in [1.165, 1.54) is 43.1 Å². The van der Waals surface area contributed by atoms with Crippen LogP contribution in [0, 0.1) is 5.92 Å². The maximum Gasteiger partial charge on any atom is 0.0108 e. The topological polar surface area (TPSA) is 29.3 Å². The lowest BCUT2D eigenvalue weighted by Crippen LogP contribution is -2.37. The molecule has 0 radical (unpaired) electrons. The molecule has 0 saturated carbocycles. The summed E-state index contributed by atoms with van der Waals surface area (Å²) < 4.78 is 0. The SMILES string of the molecule is Cl.NCC1CCN(CCSc2ccccc2)CC1. The molecule has 0 aromatic heterocycles. The van der Waals surface area contributed by atoms with Gasteiger partial charge in [0.25, 0.3) is 0 Å². The molecule has 4 heteroatoms. The van der Waals surface area contributed by atoms with Gasteiger partial charge in [0.1, 0.15) is 0 Å². The summed E-state index contributed by atoms with van der Waals surface area (Å²) in [5.74, 6) is 1.96. The fourth-order valence-electron chi connectivity index (χ4n) is 2.26. The van der Waals surface area contributed by atoms with Crippen molar-refractivity contribution < 1.29 is 0 Å². The van der Waals surface area contributed by atoms with Gasteiger partial charge in [-0.05, 0) is 50.5 Å². The molecule has 2 nitrogen and oxygen atoms in total. The molecule has 0 bridgehead atoms. The molecule has 1 saturated heterocycles. The fourth-order valence-corrected chi connectivity index (χ4v) is 3.19. The van der Waals surface area contributed by atoms with Crippen molar-refractivity contribution in [1.82, 2.24) is 4.90 Å². The van der Waals surface area contributed by atoms with E-state index in [9.17, 15) is 0 Å². The van der Waals surface area contributed by atoms with E-state index < -0.39 is 0 Å². The van der Waals surface area contributed by atoms with Crippen molar-refractivity contribution in [3.63, 3.8) is 0 Å². The molecule has 2 rings (SSSR count). The first-order chi connectivity index (χ1) is 8.38. The van der Waals surface area contributed by atoms with E-state index in [4.69, 9.17) is 5.73 Å². The Labute approximate surface area is 121 Å². The number of nitrogens with zero attached hydrogens (tertiary/aromatic N) is 1. The molecule has 18 heavy (non-hydrogen) atoms. The minimum Gasteiger partial charge on any atom is -0.330 e. The first kappa shape index (κ1) is 15.8. The van der Waals surface area contributed by atoms with Crippen LogP contribution < -0.4 is 5.73 Å². The van der Waals surface area contributed by atoms with Crippen molar-refractivity contribution in [2.75, 3.05) is 31.9 Å². The zero-order valence-electron chi connectivity index (χ0n) is 10.8. The van der Waals surface area contributed by atoms with Gasteiger partial charge in [-0.15, -0.1) is 24.2 Å². The van der Waals surface area contributed by atoms with Gasteiger partial charge in [0.2, 0.25) is 0 Å². The maximum absolute atomic E-state index is 5.70. The molecule has 1 aromatic rings. The van der Waals surface area contributed by atoms with Crippen LogP contribution in [0.3, 0.4) is 0 Å². The monoisotopic (exact) mass is 286 g/mol. The first-order valence-electron chi connectivity index (χ1n) is 6.49. The lowest BCUT2D eigenvalue weighted by atomic mass is 9.97. The molecule has 1 aliphatic heterocycles. The summed E-state index contributed by atoms with van der Waals surface area (Å²) in [5.41, 5.74) is 5.70. The number of hydrogen-bond acceptors (Lipinski definition) is 3. The molecule has 1 aliphatic rings. The lowest BCUT2D eigenvalue weighted by Gasteiger charge is -2.31. The molecule has 0 aliphatic carbocycles. The van der Waals surface area contributed by atoms with Gasteiger partial charge in [-0.2, -0.15) is 0 Å². The molecule has 1 aromatic carbocycles. The molecule has 0 atom stereocenters. The summed E-state index contributed by atoms with van der Waals surface area (Å²) >= 11 is 1.95. The molecule has 102 valence electrons. The van der Waals surface area contributed by atoms with E-state index in [0.29, 0.717) is 0 Å². The van der Waals surface area contributed by atoms with Crippen LogP contribution in [0.1, 0.15) is 12.8 Å². The van der Waals surface area contributed by atoms with Gasteiger partial charge in [-0.1, -0.05) is 18.2 Å². The van der Waals surface area contributed by atoms with E-state index in [2.05, 4.69) is 35.2 Å². The normalized spacial score (nSPS) is 17.4. The Morgan fingerprint density at radius 1 is 1.17 bits per heavy atom. The lowest BCUT2D eigenvalue weighted by molar-refractivity contribution is 0.197. The molecular formula is C14H23ClN2S. The summed E-state index contributed by atoms with van der Waals surface area (Å²) in [7, 11) is 0. The summed E-state index contributed by atoms with van der Waals surface area (Å²) in [6, 6.07) is 10.7. The quantitative estimate of drug-likeness (QED) is 0.844. The molecule has 0 amide bonds. The predicted molar refractivity (Wildman–Crippen MR) is 82.6 cm³/mol. The van der Waals surface area contributed by atoms with Crippen LogP contribution in [0.25, 0.3) is 0 Å². The number of nitrogens with two attached hydrogens (primary N) is 1. The standard InChI is InChI=1S/C14H22N2S.ClH/c15-12-13-6-8-16(9-7-13)10-11-17-14-4-2-1-3-5-14;/h1-5,13H,6-12,15H2;1H. The Morgan fingerprint density at radius 2 is 1.83 bits per heavy atom. The van der Waals surface area contributed by atoms with Crippen molar-refractivity contribution in [3.8, 4) is 0 Å². The van der Waals surface area contributed by atoms with Gasteiger partial charge in [-0.3, -0.25) is 0 Å². The highest BCUT2D eigenvalue weighted by atomic mass is 35.5. The third-order valence-corrected chi connectivity index (χ3v) is 4.45. The molecule has 0 unspecified atom stereocenters. The van der Waals surface area contributed by atoms with Crippen LogP contribution in [-0.4, -0.2) is 36.8 Å². The highest BCUT2D eigenvalue weighted by molar-refractivity contribution is 7.99. The Balaban J connectivity index is 0.00000162. The number of likely N-dealkylation sites (tertiary alicyclic amines) is 1. The molecule has 1 fully saturated rings. The molecular weight excluding hydrogens is 264 g/mol. The van der Waals surface area contributed by atoms with E-state index in [1.807, 2.05) is 11.8 Å². The van der Waals surface area contributed by atoms with Gasteiger partial charge in [0.15, 0.2) is 0 Å². The zero-order chi connectivity index (χ0) is 11.9. The Kier molecular flexibility index (Phi) is 7.75. The van der Waals surface area contributed by atoms with Crippen molar-refractivity contribution in [1.29, 1.82) is 0 Å². The van der Waals surface area contributed by atoms with Crippen LogP contribution in [0.4, 0.5) is 0 Å². The number of hydrogen-bond donors (Lipinski definition) is 1. The van der Waals surface area contributed by atoms with Crippen LogP contribution in [-0.2, 0) is 0 Å². The summed E-state index contributed by atoms with van der Waals surface area (Å²) in [4.78, 5) is 3.95. The molecule has 2 N–H and O–H groups in total. The smallest absolute Gasteiger partial charge is 0.0108 e. The van der Waals surface area contributed by atoms with Crippen LogP contribution >= 0.6 is 24.2 Å². The Morgan fingerprint density at radius 3 is 2.44 bits per heavy atom. The van der Waals surface area contributed by atoms with Crippen molar-refractivity contribution in [2.24, 2.45) is 11.7 Å². The predicted octanol–water partition coefficient (Wildman–Crippen LogP) is 2.87. The molecule has 0 spiro atoms. The van der Waals surface area contributed by atoms with E-state index >= 15 is 0 Å². The number of halogens is 1. The van der Waals surface area contributed by atoms with Gasteiger partial charge < -0.3 is 10.6 Å². The summed E-state index contributed by atoms with van der Waals surface area (Å²) in [5, 5.41) is 0. The van der Waals surface area contributed by atoms with Crippen molar-refractivity contribution in [2.45, 2.75) is 17.7 Å². The Hall–Kier alpha value is -0.220. The number of thioether (sulfide) groups is 1. The highest BCUT2D eigenvalue weighted by Crippen LogP contribution is 2.19. The average molecular weight is 287 g/mol. The van der Waals surface area contributed by atoms with E-state index in [-0.39, 0.29) is 12.4 Å². The maximum atomic E-state index is 5.70. The highest BCUT2D eigenvalue weighted by Gasteiger charge is 2.17. The average Bonchev–Trinajstić information content (AvgIpc) is 2.41.